The van der Waals surface area contributed by atoms with Crippen molar-refractivity contribution in [1.29, 1.82) is 0 Å². The Kier molecular flexibility index (Phi) is 9.17. The highest BCUT2D eigenvalue weighted by Crippen LogP contribution is 2.17. The summed E-state index contributed by atoms with van der Waals surface area (Å²) in [5, 5.41) is 3.29. The number of carbonyl (C=O) groups is 1. The Labute approximate surface area is 179 Å². The molecular formula is C20H32IN5O. The van der Waals surface area contributed by atoms with Crippen LogP contribution in [-0.4, -0.2) is 55.5 Å². The van der Waals surface area contributed by atoms with Crippen molar-refractivity contribution in [3.63, 3.8) is 0 Å². The predicted octanol–water partition coefficient (Wildman–Crippen LogP) is 2.58. The standard InChI is InChI=1S/C20H31N5O.HI/c21-20(23-17-8-4-1-2-5-9-17)22-16-19(26)25-14-12-24(13-15-25)18-10-6-3-7-11-18;/h3,6-7,10-11,17H,1-2,4-5,8-9,12-16H2,(H3,21,22,23);1H. The van der Waals surface area contributed by atoms with Crippen LogP contribution in [0, 0.1) is 0 Å². The minimum atomic E-state index is 0. The van der Waals surface area contributed by atoms with Gasteiger partial charge in [0.2, 0.25) is 5.91 Å². The molecule has 1 saturated carbocycles. The van der Waals surface area contributed by atoms with Gasteiger partial charge in [0.1, 0.15) is 6.54 Å². The van der Waals surface area contributed by atoms with Crippen LogP contribution < -0.4 is 16.0 Å². The third-order valence-electron chi connectivity index (χ3n) is 5.35. The number of aliphatic imine (C=N–C) groups is 1. The Hall–Kier alpha value is -1.51. The number of nitrogens with two attached hydrogens (primary N) is 1. The lowest BCUT2D eigenvalue weighted by Crippen LogP contribution is -2.49. The van der Waals surface area contributed by atoms with Crippen molar-refractivity contribution in [3.05, 3.63) is 30.3 Å². The van der Waals surface area contributed by atoms with Gasteiger partial charge in [-0.05, 0) is 25.0 Å². The normalized spacial score (nSPS) is 19.2. The molecular weight excluding hydrogens is 453 g/mol. The summed E-state index contributed by atoms with van der Waals surface area (Å²) in [7, 11) is 0. The number of hydrogen-bond donors (Lipinski definition) is 2. The molecule has 6 nitrogen and oxygen atoms in total. The van der Waals surface area contributed by atoms with Crippen LogP contribution in [0.1, 0.15) is 38.5 Å². The minimum absolute atomic E-state index is 0. The van der Waals surface area contributed by atoms with Gasteiger partial charge >= 0.3 is 0 Å². The van der Waals surface area contributed by atoms with Crippen molar-refractivity contribution in [2.24, 2.45) is 10.7 Å². The van der Waals surface area contributed by atoms with Crippen LogP contribution in [0.15, 0.2) is 35.3 Å². The zero-order chi connectivity index (χ0) is 18.2. The molecule has 7 heteroatoms. The molecule has 0 radical (unpaired) electrons. The van der Waals surface area contributed by atoms with Crippen molar-refractivity contribution < 1.29 is 4.79 Å². The van der Waals surface area contributed by atoms with E-state index in [1.165, 1.54) is 31.4 Å². The van der Waals surface area contributed by atoms with E-state index in [0.29, 0.717) is 12.0 Å². The number of para-hydroxylation sites is 1. The van der Waals surface area contributed by atoms with E-state index in [-0.39, 0.29) is 36.4 Å². The quantitative estimate of drug-likeness (QED) is 0.298. The zero-order valence-electron chi connectivity index (χ0n) is 16.0. The fraction of sp³-hybridized carbons (Fsp3) is 0.600. The Balaban J connectivity index is 0.00000261. The number of halogens is 1. The second-order valence-electron chi connectivity index (χ2n) is 7.24. The molecule has 1 heterocycles. The summed E-state index contributed by atoms with van der Waals surface area (Å²) in [6.07, 6.45) is 7.40. The van der Waals surface area contributed by atoms with E-state index in [4.69, 9.17) is 5.73 Å². The van der Waals surface area contributed by atoms with E-state index in [2.05, 4.69) is 27.3 Å². The monoisotopic (exact) mass is 485 g/mol. The Bertz CT molecular complexity index is 594. The molecule has 1 aliphatic heterocycles. The maximum atomic E-state index is 12.4. The Morgan fingerprint density at radius 2 is 1.67 bits per heavy atom. The van der Waals surface area contributed by atoms with E-state index in [1.807, 2.05) is 23.1 Å². The van der Waals surface area contributed by atoms with E-state index in [0.717, 1.165) is 39.0 Å². The van der Waals surface area contributed by atoms with Gasteiger partial charge in [-0.25, -0.2) is 4.99 Å². The number of guanidine groups is 1. The number of anilines is 1. The molecule has 27 heavy (non-hydrogen) atoms. The SMILES string of the molecule is I.NC(=NCC(=O)N1CCN(c2ccccc2)CC1)NC1CCCCCC1. The van der Waals surface area contributed by atoms with Crippen molar-refractivity contribution in [1.82, 2.24) is 10.2 Å². The van der Waals surface area contributed by atoms with Crippen molar-refractivity contribution in [2.45, 2.75) is 44.6 Å². The fourth-order valence-corrected chi connectivity index (χ4v) is 3.78. The van der Waals surface area contributed by atoms with Gasteiger partial charge in [0, 0.05) is 37.9 Å². The van der Waals surface area contributed by atoms with Crippen LogP contribution in [0.4, 0.5) is 5.69 Å². The maximum Gasteiger partial charge on any atom is 0.244 e. The molecule has 2 aliphatic rings. The van der Waals surface area contributed by atoms with Crippen LogP contribution in [0.3, 0.4) is 0 Å². The van der Waals surface area contributed by atoms with Crippen LogP contribution in [-0.2, 0) is 4.79 Å². The van der Waals surface area contributed by atoms with Crippen LogP contribution in [0.2, 0.25) is 0 Å². The zero-order valence-corrected chi connectivity index (χ0v) is 18.3. The molecule has 1 amide bonds. The van der Waals surface area contributed by atoms with Gasteiger partial charge in [-0.3, -0.25) is 4.79 Å². The number of piperazine rings is 1. The minimum Gasteiger partial charge on any atom is -0.370 e. The molecule has 2 fully saturated rings. The number of hydrogen-bond acceptors (Lipinski definition) is 3. The smallest absolute Gasteiger partial charge is 0.244 e. The third-order valence-corrected chi connectivity index (χ3v) is 5.35. The lowest BCUT2D eigenvalue weighted by atomic mass is 10.1. The summed E-state index contributed by atoms with van der Waals surface area (Å²) >= 11 is 0. The third kappa shape index (κ3) is 6.86. The number of nitrogens with zero attached hydrogens (tertiary/aromatic N) is 3. The van der Waals surface area contributed by atoms with Gasteiger partial charge < -0.3 is 20.9 Å². The lowest BCUT2D eigenvalue weighted by molar-refractivity contribution is -0.129. The molecule has 0 spiro atoms. The van der Waals surface area contributed by atoms with Crippen molar-refractivity contribution in [2.75, 3.05) is 37.6 Å². The summed E-state index contributed by atoms with van der Waals surface area (Å²) < 4.78 is 0. The number of benzene rings is 1. The summed E-state index contributed by atoms with van der Waals surface area (Å²) in [6, 6.07) is 10.8. The molecule has 1 saturated heterocycles. The van der Waals surface area contributed by atoms with Crippen LogP contribution in [0.25, 0.3) is 0 Å². The molecule has 0 aromatic heterocycles. The summed E-state index contributed by atoms with van der Waals surface area (Å²) in [5.41, 5.74) is 7.21. The summed E-state index contributed by atoms with van der Waals surface area (Å²) in [4.78, 5) is 20.9. The van der Waals surface area contributed by atoms with Gasteiger partial charge in [-0.2, -0.15) is 0 Å². The highest BCUT2D eigenvalue weighted by Gasteiger charge is 2.21. The first kappa shape index (κ1) is 21.8. The molecule has 1 aromatic carbocycles. The molecule has 0 bridgehead atoms. The van der Waals surface area contributed by atoms with Gasteiger partial charge in [0.25, 0.3) is 0 Å². The highest BCUT2D eigenvalue weighted by atomic mass is 127. The number of nitrogens with one attached hydrogen (secondary N) is 1. The van der Waals surface area contributed by atoms with Gasteiger partial charge in [0.15, 0.2) is 5.96 Å². The Morgan fingerprint density at radius 3 is 2.30 bits per heavy atom. The number of rotatable bonds is 4. The maximum absolute atomic E-state index is 12.4. The molecule has 150 valence electrons. The second kappa shape index (κ2) is 11.4. The summed E-state index contributed by atoms with van der Waals surface area (Å²) in [6.45, 7) is 3.32. The largest absolute Gasteiger partial charge is 0.370 e. The average molecular weight is 485 g/mol. The Morgan fingerprint density at radius 1 is 1.04 bits per heavy atom. The highest BCUT2D eigenvalue weighted by molar-refractivity contribution is 14.0. The van der Waals surface area contributed by atoms with Crippen LogP contribution >= 0.6 is 24.0 Å². The van der Waals surface area contributed by atoms with Crippen molar-refractivity contribution >= 4 is 41.5 Å². The first-order valence-electron chi connectivity index (χ1n) is 9.86. The molecule has 3 N–H and O–H groups in total. The fourth-order valence-electron chi connectivity index (χ4n) is 3.78. The predicted molar refractivity (Wildman–Crippen MR) is 122 cm³/mol. The topological polar surface area (TPSA) is 74.0 Å². The van der Waals surface area contributed by atoms with Gasteiger partial charge in [-0.1, -0.05) is 43.9 Å². The van der Waals surface area contributed by atoms with E-state index in [1.54, 1.807) is 0 Å². The van der Waals surface area contributed by atoms with Gasteiger partial charge in [0.05, 0.1) is 0 Å². The molecule has 0 atom stereocenters. The lowest BCUT2D eigenvalue weighted by Gasteiger charge is -2.36. The molecule has 0 unspecified atom stereocenters. The second-order valence-corrected chi connectivity index (χ2v) is 7.24. The number of amides is 1. The van der Waals surface area contributed by atoms with E-state index in [9.17, 15) is 4.79 Å². The van der Waals surface area contributed by atoms with E-state index < -0.39 is 0 Å². The molecule has 1 aliphatic carbocycles. The van der Waals surface area contributed by atoms with Gasteiger partial charge in [-0.15, -0.1) is 24.0 Å². The molecule has 1 aromatic rings. The first-order valence-corrected chi connectivity index (χ1v) is 9.86. The van der Waals surface area contributed by atoms with E-state index >= 15 is 0 Å². The number of carbonyl (C=O) groups excluding carboxylic acids is 1. The average Bonchev–Trinajstić information content (AvgIpc) is 2.95. The van der Waals surface area contributed by atoms with Crippen LogP contribution in [0.5, 0.6) is 0 Å². The summed E-state index contributed by atoms with van der Waals surface area (Å²) in [5.74, 6) is 0.469. The molecule has 3 rings (SSSR count). The first-order chi connectivity index (χ1) is 12.7. The van der Waals surface area contributed by atoms with Crippen molar-refractivity contribution in [3.8, 4) is 0 Å².